The summed E-state index contributed by atoms with van der Waals surface area (Å²) in [6, 6.07) is 13.3. The van der Waals surface area contributed by atoms with Crippen molar-refractivity contribution >= 4 is 45.2 Å². The Labute approximate surface area is 187 Å². The first-order valence-corrected chi connectivity index (χ1v) is 10.9. The van der Waals surface area contributed by atoms with Gasteiger partial charge in [0.15, 0.2) is 0 Å². The molecule has 156 valence electrons. The van der Waals surface area contributed by atoms with E-state index in [2.05, 4.69) is 31.4 Å². The van der Waals surface area contributed by atoms with E-state index in [-0.39, 0.29) is 24.1 Å². The average molecular weight is 489 g/mol. The van der Waals surface area contributed by atoms with Crippen LogP contribution in [0.5, 0.6) is 0 Å². The zero-order chi connectivity index (χ0) is 21.7. The fourth-order valence-corrected chi connectivity index (χ4v) is 3.90. The summed E-state index contributed by atoms with van der Waals surface area (Å²) >= 11 is 4.58. The number of nitrogens with zero attached hydrogens (tertiary/aromatic N) is 3. The molecular weight excluding hydrogens is 468 g/mol. The van der Waals surface area contributed by atoms with Crippen LogP contribution in [0.1, 0.15) is 11.1 Å². The molecule has 9 heteroatoms. The fourth-order valence-electron chi connectivity index (χ4n) is 2.74. The summed E-state index contributed by atoms with van der Waals surface area (Å²) in [5.41, 5.74) is 3.52. The summed E-state index contributed by atoms with van der Waals surface area (Å²) in [6.07, 6.45) is 0. The molecule has 30 heavy (non-hydrogen) atoms. The van der Waals surface area contributed by atoms with Gasteiger partial charge in [0.25, 0.3) is 5.22 Å². The number of para-hydroxylation sites is 1. The Morgan fingerprint density at radius 2 is 1.80 bits per heavy atom. The summed E-state index contributed by atoms with van der Waals surface area (Å²) in [5.74, 6) is 0.00316. The number of anilines is 1. The normalized spacial score (nSPS) is 10.7. The second kappa shape index (κ2) is 9.90. The Morgan fingerprint density at radius 1 is 1.10 bits per heavy atom. The highest BCUT2D eigenvalue weighted by atomic mass is 79.9. The summed E-state index contributed by atoms with van der Waals surface area (Å²) < 4.78 is 6.47. The van der Waals surface area contributed by atoms with Gasteiger partial charge in [-0.1, -0.05) is 42.1 Å². The molecule has 2 amide bonds. The van der Waals surface area contributed by atoms with Crippen molar-refractivity contribution in [3.05, 3.63) is 58.1 Å². The quantitative estimate of drug-likeness (QED) is 0.498. The smallest absolute Gasteiger partial charge is 0.277 e. The zero-order valence-corrected chi connectivity index (χ0v) is 19.2. The van der Waals surface area contributed by atoms with Gasteiger partial charge in [0.1, 0.15) is 0 Å². The summed E-state index contributed by atoms with van der Waals surface area (Å²) in [5, 5.41) is 11.2. The van der Waals surface area contributed by atoms with Gasteiger partial charge in [-0.05, 0) is 53.0 Å². The number of thioether (sulfide) groups is 1. The molecule has 1 N–H and O–H groups in total. The van der Waals surface area contributed by atoms with Gasteiger partial charge in [-0.15, -0.1) is 10.2 Å². The SMILES string of the molecule is Cc1cccc(C)c1NC(=O)CN(C)C(=O)CSc1nnc(-c2ccccc2Br)o1. The number of rotatable bonds is 7. The molecule has 7 nitrogen and oxygen atoms in total. The fraction of sp³-hybridized carbons (Fsp3) is 0.238. The van der Waals surface area contributed by atoms with E-state index in [1.165, 1.54) is 4.90 Å². The molecule has 0 bridgehead atoms. The largest absolute Gasteiger partial charge is 0.411 e. The Morgan fingerprint density at radius 3 is 2.50 bits per heavy atom. The monoisotopic (exact) mass is 488 g/mol. The minimum atomic E-state index is -0.248. The molecule has 0 saturated carbocycles. The number of hydrogen-bond acceptors (Lipinski definition) is 6. The number of benzene rings is 2. The van der Waals surface area contributed by atoms with Gasteiger partial charge in [-0.2, -0.15) is 0 Å². The molecule has 0 saturated heterocycles. The minimum absolute atomic E-state index is 0.0424. The molecule has 0 unspecified atom stereocenters. The van der Waals surface area contributed by atoms with Crippen molar-refractivity contribution in [1.29, 1.82) is 0 Å². The first-order chi connectivity index (χ1) is 14.3. The lowest BCUT2D eigenvalue weighted by atomic mass is 10.1. The van der Waals surface area contributed by atoms with Crippen LogP contribution < -0.4 is 5.32 Å². The van der Waals surface area contributed by atoms with Crippen molar-refractivity contribution in [3.63, 3.8) is 0 Å². The van der Waals surface area contributed by atoms with E-state index in [1.54, 1.807) is 7.05 Å². The van der Waals surface area contributed by atoms with Crippen LogP contribution in [0, 0.1) is 13.8 Å². The molecule has 3 rings (SSSR count). The average Bonchev–Trinajstić information content (AvgIpc) is 3.18. The molecule has 0 atom stereocenters. The van der Waals surface area contributed by atoms with Crippen LogP contribution in [0.2, 0.25) is 0 Å². The Hall–Kier alpha value is -2.65. The predicted molar refractivity (Wildman–Crippen MR) is 120 cm³/mol. The molecule has 2 aromatic carbocycles. The topological polar surface area (TPSA) is 88.3 Å². The first-order valence-electron chi connectivity index (χ1n) is 9.16. The highest BCUT2D eigenvalue weighted by Crippen LogP contribution is 2.29. The second-order valence-electron chi connectivity index (χ2n) is 6.71. The van der Waals surface area contributed by atoms with E-state index in [0.29, 0.717) is 11.1 Å². The van der Waals surface area contributed by atoms with E-state index >= 15 is 0 Å². The molecule has 0 radical (unpaired) electrons. The maximum Gasteiger partial charge on any atom is 0.277 e. The number of hydrogen-bond donors (Lipinski definition) is 1. The minimum Gasteiger partial charge on any atom is -0.411 e. The Kier molecular flexibility index (Phi) is 7.28. The van der Waals surface area contributed by atoms with Gasteiger partial charge in [0.05, 0.1) is 17.9 Å². The van der Waals surface area contributed by atoms with Crippen LogP contribution in [-0.2, 0) is 9.59 Å². The first kappa shape index (κ1) is 22.0. The summed E-state index contributed by atoms with van der Waals surface area (Å²) in [7, 11) is 1.59. The number of amides is 2. The third-order valence-corrected chi connectivity index (χ3v) is 5.88. The van der Waals surface area contributed by atoms with Gasteiger partial charge >= 0.3 is 0 Å². The Balaban J connectivity index is 1.52. The van der Waals surface area contributed by atoms with Crippen LogP contribution in [0.3, 0.4) is 0 Å². The number of aryl methyl sites for hydroxylation is 2. The number of aromatic nitrogens is 2. The van der Waals surface area contributed by atoms with Crippen LogP contribution in [-0.4, -0.2) is 46.3 Å². The standard InChI is InChI=1S/C21H21BrN4O3S/c1-13-7-6-8-14(2)19(13)23-17(27)11-26(3)18(28)12-30-21-25-24-20(29-21)15-9-4-5-10-16(15)22/h4-10H,11-12H2,1-3H3,(H,23,27). The molecule has 3 aromatic rings. The van der Waals surface area contributed by atoms with Gasteiger partial charge < -0.3 is 14.6 Å². The van der Waals surface area contributed by atoms with Crippen LogP contribution in [0.15, 0.2) is 56.6 Å². The van der Waals surface area contributed by atoms with E-state index in [4.69, 9.17) is 4.42 Å². The third-order valence-electron chi connectivity index (χ3n) is 4.38. The molecule has 0 aliphatic heterocycles. The predicted octanol–water partition coefficient (Wildman–Crippen LogP) is 4.31. The van der Waals surface area contributed by atoms with Crippen molar-refractivity contribution in [1.82, 2.24) is 15.1 Å². The van der Waals surface area contributed by atoms with Crippen molar-refractivity contribution in [2.24, 2.45) is 0 Å². The lowest BCUT2D eigenvalue weighted by Gasteiger charge is -2.17. The number of nitrogens with one attached hydrogen (secondary N) is 1. The number of carbonyl (C=O) groups is 2. The molecule has 0 fully saturated rings. The zero-order valence-electron chi connectivity index (χ0n) is 16.8. The molecule has 0 aliphatic rings. The van der Waals surface area contributed by atoms with E-state index < -0.39 is 0 Å². The Bertz CT molecular complexity index is 1050. The van der Waals surface area contributed by atoms with Gasteiger partial charge in [-0.25, -0.2) is 0 Å². The van der Waals surface area contributed by atoms with E-state index in [1.807, 2.05) is 56.3 Å². The summed E-state index contributed by atoms with van der Waals surface area (Å²) in [4.78, 5) is 26.1. The van der Waals surface area contributed by atoms with Crippen LogP contribution in [0.4, 0.5) is 5.69 Å². The molecule has 0 spiro atoms. The molecule has 1 aromatic heterocycles. The van der Waals surface area contributed by atoms with Gasteiger partial charge in [0, 0.05) is 17.2 Å². The maximum atomic E-state index is 12.4. The number of likely N-dealkylation sites (N-methyl/N-ethyl adjacent to an activating group) is 1. The molecule has 0 aliphatic carbocycles. The van der Waals surface area contributed by atoms with Gasteiger partial charge in [-0.3, -0.25) is 9.59 Å². The maximum absolute atomic E-state index is 12.4. The summed E-state index contributed by atoms with van der Waals surface area (Å²) in [6.45, 7) is 3.82. The number of carbonyl (C=O) groups excluding carboxylic acids is 2. The third kappa shape index (κ3) is 5.48. The molecule has 1 heterocycles. The highest BCUT2D eigenvalue weighted by Gasteiger charge is 2.17. The lowest BCUT2D eigenvalue weighted by Crippen LogP contribution is -2.36. The van der Waals surface area contributed by atoms with Crippen molar-refractivity contribution in [3.8, 4) is 11.5 Å². The number of halogens is 1. The second-order valence-corrected chi connectivity index (χ2v) is 8.49. The van der Waals surface area contributed by atoms with Crippen LogP contribution >= 0.6 is 27.7 Å². The van der Waals surface area contributed by atoms with E-state index in [9.17, 15) is 9.59 Å². The van der Waals surface area contributed by atoms with Crippen molar-refractivity contribution in [2.75, 3.05) is 24.7 Å². The van der Waals surface area contributed by atoms with E-state index in [0.717, 1.165) is 38.6 Å². The highest BCUT2D eigenvalue weighted by molar-refractivity contribution is 9.10. The van der Waals surface area contributed by atoms with Crippen LogP contribution in [0.25, 0.3) is 11.5 Å². The van der Waals surface area contributed by atoms with Crippen molar-refractivity contribution in [2.45, 2.75) is 19.1 Å². The van der Waals surface area contributed by atoms with Crippen molar-refractivity contribution < 1.29 is 14.0 Å². The molecular formula is C21H21BrN4O3S. The van der Waals surface area contributed by atoms with Gasteiger partial charge in [0.2, 0.25) is 17.7 Å². The lowest BCUT2D eigenvalue weighted by molar-refractivity contribution is -0.131.